The summed E-state index contributed by atoms with van der Waals surface area (Å²) in [5.41, 5.74) is 3.15. The van der Waals surface area contributed by atoms with Gasteiger partial charge in [-0.05, 0) is 60.9 Å². The Balaban J connectivity index is 1.20. The van der Waals surface area contributed by atoms with Gasteiger partial charge < -0.3 is 24.4 Å². The summed E-state index contributed by atoms with van der Waals surface area (Å²) in [6, 6.07) is 19.8. The third kappa shape index (κ3) is 5.32. The number of hydrogen-bond donors (Lipinski definition) is 1. The number of aryl methyl sites for hydroxylation is 2. The van der Waals surface area contributed by atoms with Crippen LogP contribution in [-0.2, 0) is 22.5 Å². The Kier molecular flexibility index (Phi) is 7.60. The summed E-state index contributed by atoms with van der Waals surface area (Å²) in [4.78, 5) is 44.3. The molecule has 0 aromatic heterocycles. The van der Waals surface area contributed by atoms with Crippen molar-refractivity contribution < 1.29 is 28.6 Å². The van der Waals surface area contributed by atoms with Crippen molar-refractivity contribution in [3.63, 3.8) is 0 Å². The van der Waals surface area contributed by atoms with E-state index in [1.54, 1.807) is 15.9 Å². The van der Waals surface area contributed by atoms with Crippen LogP contribution >= 0.6 is 0 Å². The third-order valence-corrected chi connectivity index (χ3v) is 8.39. The largest absolute Gasteiger partial charge is 0.454 e. The first kappa shape index (κ1) is 27.8. The van der Waals surface area contributed by atoms with Gasteiger partial charge >= 0.3 is 0 Å². The van der Waals surface area contributed by atoms with Crippen LogP contribution in [0.2, 0.25) is 0 Å². The van der Waals surface area contributed by atoms with Crippen molar-refractivity contribution in [2.45, 2.75) is 51.4 Å². The maximum Gasteiger partial charge on any atom is 0.256 e. The van der Waals surface area contributed by atoms with E-state index >= 15 is 0 Å². The van der Waals surface area contributed by atoms with Crippen LogP contribution in [0.3, 0.4) is 0 Å². The number of amides is 3. The van der Waals surface area contributed by atoms with Gasteiger partial charge in [-0.2, -0.15) is 0 Å². The predicted octanol–water partition coefficient (Wildman–Crippen LogP) is 4.08. The highest BCUT2D eigenvalue weighted by Gasteiger charge is 2.54. The molecule has 42 heavy (non-hydrogen) atoms. The molecule has 6 rings (SSSR count). The normalized spacial score (nSPS) is 18.8. The minimum absolute atomic E-state index is 0.0416. The van der Waals surface area contributed by atoms with Crippen LogP contribution in [0.4, 0.5) is 0 Å². The summed E-state index contributed by atoms with van der Waals surface area (Å²) >= 11 is 0. The highest BCUT2D eigenvalue weighted by atomic mass is 16.7. The van der Waals surface area contributed by atoms with Gasteiger partial charge in [-0.15, -0.1) is 0 Å². The van der Waals surface area contributed by atoms with Crippen LogP contribution in [0.1, 0.15) is 57.2 Å². The number of carbonyl (C=O) groups excluding carboxylic acids is 3. The van der Waals surface area contributed by atoms with Gasteiger partial charge in [-0.25, -0.2) is 0 Å². The number of rotatable bonds is 6. The Morgan fingerprint density at radius 3 is 2.36 bits per heavy atom. The van der Waals surface area contributed by atoms with Crippen molar-refractivity contribution >= 4 is 17.7 Å². The Bertz CT molecular complexity index is 1500. The monoisotopic (exact) mass is 569 g/mol. The molecular weight excluding hydrogens is 534 g/mol. The summed E-state index contributed by atoms with van der Waals surface area (Å²) in [7, 11) is 0. The molecule has 9 nitrogen and oxygen atoms in total. The SMILES string of the molecule is CCc1ccc(C(=O)N2CCC3(CC2)OC[C@H](C(=O)NCc2ccc4c(c2)OCO4)N3C(=O)c2cccc(C)c2)cc1. The molecule has 3 aromatic carbocycles. The van der Waals surface area contributed by atoms with E-state index in [0.717, 1.165) is 17.5 Å². The van der Waals surface area contributed by atoms with Gasteiger partial charge in [-0.3, -0.25) is 19.3 Å². The van der Waals surface area contributed by atoms with E-state index in [4.69, 9.17) is 14.2 Å². The van der Waals surface area contributed by atoms with Crippen LogP contribution < -0.4 is 14.8 Å². The molecule has 3 amide bonds. The van der Waals surface area contributed by atoms with Gasteiger partial charge in [0.05, 0.1) is 6.61 Å². The van der Waals surface area contributed by atoms with Crippen LogP contribution in [0.15, 0.2) is 66.7 Å². The van der Waals surface area contributed by atoms with E-state index in [0.29, 0.717) is 48.6 Å². The molecule has 218 valence electrons. The Morgan fingerprint density at radius 1 is 0.881 bits per heavy atom. The molecule has 1 spiro atoms. The quantitative estimate of drug-likeness (QED) is 0.481. The topological polar surface area (TPSA) is 97.4 Å². The lowest BCUT2D eigenvalue weighted by Crippen LogP contribution is -2.59. The van der Waals surface area contributed by atoms with Crippen LogP contribution in [0.5, 0.6) is 11.5 Å². The molecule has 0 saturated carbocycles. The lowest BCUT2D eigenvalue weighted by Gasteiger charge is -2.44. The first-order valence-corrected chi connectivity index (χ1v) is 14.5. The van der Waals surface area contributed by atoms with E-state index in [1.165, 1.54) is 5.56 Å². The molecular formula is C33H35N3O6. The number of benzene rings is 3. The first-order chi connectivity index (χ1) is 20.4. The number of likely N-dealkylation sites (tertiary alicyclic amines) is 1. The molecule has 1 atom stereocenters. The summed E-state index contributed by atoms with van der Waals surface area (Å²) in [5, 5.41) is 2.99. The summed E-state index contributed by atoms with van der Waals surface area (Å²) in [6.07, 6.45) is 1.73. The number of carbonyl (C=O) groups is 3. The summed E-state index contributed by atoms with van der Waals surface area (Å²) in [5.74, 6) is 0.729. The van der Waals surface area contributed by atoms with E-state index in [1.807, 2.05) is 67.6 Å². The summed E-state index contributed by atoms with van der Waals surface area (Å²) < 4.78 is 17.2. The zero-order valence-corrected chi connectivity index (χ0v) is 23.9. The number of fused-ring (bicyclic) bond motifs is 1. The maximum absolute atomic E-state index is 14.0. The Morgan fingerprint density at radius 2 is 1.62 bits per heavy atom. The number of ether oxygens (including phenoxy) is 3. The van der Waals surface area contributed by atoms with Gasteiger partial charge in [0.25, 0.3) is 11.8 Å². The number of hydrogen-bond acceptors (Lipinski definition) is 6. The number of piperidine rings is 1. The van der Waals surface area contributed by atoms with Crippen LogP contribution in [0.25, 0.3) is 0 Å². The molecule has 0 radical (unpaired) electrons. The van der Waals surface area contributed by atoms with Gasteiger partial charge in [0.2, 0.25) is 12.7 Å². The van der Waals surface area contributed by atoms with Gasteiger partial charge in [-0.1, -0.05) is 42.8 Å². The second-order valence-electron chi connectivity index (χ2n) is 11.1. The molecule has 9 heteroatoms. The smallest absolute Gasteiger partial charge is 0.256 e. The van der Waals surface area contributed by atoms with E-state index in [-0.39, 0.29) is 37.7 Å². The van der Waals surface area contributed by atoms with Gasteiger partial charge in [0.1, 0.15) is 11.8 Å². The molecule has 3 aliphatic heterocycles. The van der Waals surface area contributed by atoms with Crippen molar-refractivity contribution in [2.24, 2.45) is 0 Å². The number of nitrogens with one attached hydrogen (secondary N) is 1. The van der Waals surface area contributed by atoms with Crippen molar-refractivity contribution in [3.05, 3.63) is 94.5 Å². The zero-order valence-electron chi connectivity index (χ0n) is 23.9. The standard InChI is InChI=1S/C33H35N3O6/c1-3-23-7-10-25(11-8-23)31(38)35-15-13-33(14-16-35)36(32(39)26-6-4-5-22(2)17-26)27(20-42-33)30(37)34-19-24-9-12-28-29(18-24)41-21-40-28/h4-12,17-18,27H,3,13-16,19-21H2,1-2H3,(H,34,37)/t27-/m1/s1. The molecule has 3 aromatic rings. The lowest BCUT2D eigenvalue weighted by atomic mass is 9.95. The molecule has 0 aliphatic carbocycles. The Hall–Kier alpha value is -4.37. The third-order valence-electron chi connectivity index (χ3n) is 8.39. The molecule has 2 fully saturated rings. The van der Waals surface area contributed by atoms with E-state index < -0.39 is 11.8 Å². The fraction of sp³-hybridized carbons (Fsp3) is 0.364. The fourth-order valence-electron chi connectivity index (χ4n) is 5.97. The van der Waals surface area contributed by atoms with Gasteiger partial charge in [0.15, 0.2) is 11.5 Å². The minimum Gasteiger partial charge on any atom is -0.454 e. The zero-order chi connectivity index (χ0) is 29.3. The summed E-state index contributed by atoms with van der Waals surface area (Å²) in [6.45, 7) is 5.37. The van der Waals surface area contributed by atoms with E-state index in [2.05, 4.69) is 12.2 Å². The molecule has 1 N–H and O–H groups in total. The Labute approximate surface area is 245 Å². The van der Waals surface area contributed by atoms with Crippen LogP contribution in [-0.4, -0.2) is 65.8 Å². The molecule has 3 aliphatic rings. The second-order valence-corrected chi connectivity index (χ2v) is 11.1. The molecule has 2 saturated heterocycles. The number of nitrogens with zero attached hydrogens (tertiary/aromatic N) is 2. The van der Waals surface area contributed by atoms with Crippen LogP contribution in [0, 0.1) is 6.92 Å². The minimum atomic E-state index is -0.982. The van der Waals surface area contributed by atoms with Gasteiger partial charge in [0, 0.05) is 43.6 Å². The first-order valence-electron chi connectivity index (χ1n) is 14.5. The average molecular weight is 570 g/mol. The highest BCUT2D eigenvalue weighted by Crippen LogP contribution is 2.39. The molecule has 0 unspecified atom stereocenters. The maximum atomic E-state index is 14.0. The second kappa shape index (κ2) is 11.5. The average Bonchev–Trinajstić information content (AvgIpc) is 3.64. The lowest BCUT2D eigenvalue weighted by molar-refractivity contribution is -0.128. The fourth-order valence-corrected chi connectivity index (χ4v) is 5.97. The van der Waals surface area contributed by atoms with Crippen molar-refractivity contribution in [1.82, 2.24) is 15.1 Å². The van der Waals surface area contributed by atoms with Crippen molar-refractivity contribution in [3.8, 4) is 11.5 Å². The predicted molar refractivity (Wildman–Crippen MR) is 155 cm³/mol. The highest BCUT2D eigenvalue weighted by molar-refractivity contribution is 5.99. The van der Waals surface area contributed by atoms with E-state index in [9.17, 15) is 14.4 Å². The van der Waals surface area contributed by atoms with Crippen molar-refractivity contribution in [1.29, 1.82) is 0 Å². The molecule has 0 bridgehead atoms. The van der Waals surface area contributed by atoms with Crippen molar-refractivity contribution in [2.75, 3.05) is 26.5 Å². The molecule has 3 heterocycles.